The Balaban J connectivity index is 0. The molecule has 0 fully saturated rings. The molecular formula is C8H17W-. The summed E-state index contributed by atoms with van der Waals surface area (Å²) in [7, 11) is 0. The van der Waals surface area contributed by atoms with E-state index in [2.05, 4.69) is 27.7 Å². The number of hydrogen-bond acceptors (Lipinski definition) is 0. The Labute approximate surface area is 73.7 Å². The van der Waals surface area contributed by atoms with E-state index in [-0.39, 0.29) is 21.1 Å². The molecule has 1 heteroatoms. The fourth-order valence-electron chi connectivity index (χ4n) is 0.802. The van der Waals surface area contributed by atoms with Gasteiger partial charge in [-0.2, -0.15) is 6.42 Å². The molecule has 56 valence electrons. The molecule has 0 bridgehead atoms. The van der Waals surface area contributed by atoms with Crippen molar-refractivity contribution in [1.82, 2.24) is 0 Å². The maximum absolute atomic E-state index is 3.88. The second kappa shape index (κ2) is 5.47. The smallest absolute Gasteiger partial charge is 0 e. The minimum atomic E-state index is 0. The molecule has 0 radical (unpaired) electrons. The van der Waals surface area contributed by atoms with Gasteiger partial charge in [0, 0.05) is 21.1 Å². The molecule has 0 atom stereocenters. The predicted octanol–water partition coefficient (Wildman–Crippen LogP) is 3.03. The van der Waals surface area contributed by atoms with Crippen molar-refractivity contribution in [1.29, 1.82) is 0 Å². The van der Waals surface area contributed by atoms with Gasteiger partial charge in [-0.15, -0.1) is 0 Å². The van der Waals surface area contributed by atoms with E-state index in [4.69, 9.17) is 0 Å². The van der Waals surface area contributed by atoms with Crippen molar-refractivity contribution >= 4 is 0 Å². The summed E-state index contributed by atoms with van der Waals surface area (Å²) in [5.41, 5.74) is 0.481. The molecule has 0 unspecified atom stereocenters. The van der Waals surface area contributed by atoms with Crippen LogP contribution in [0.1, 0.15) is 40.0 Å². The molecule has 0 aromatic heterocycles. The molecule has 0 aliphatic carbocycles. The van der Waals surface area contributed by atoms with Gasteiger partial charge in [-0.25, -0.2) is 0 Å². The third-order valence-electron chi connectivity index (χ3n) is 1.60. The Morgan fingerprint density at radius 2 is 1.78 bits per heavy atom. The molecule has 0 aromatic rings. The SMILES string of the molecule is [CH2-]CC(C)(C)CCC.[W]. The molecule has 0 spiro atoms. The first-order chi connectivity index (χ1) is 3.62. The second-order valence-corrected chi connectivity index (χ2v) is 3.16. The van der Waals surface area contributed by atoms with Gasteiger partial charge in [-0.1, -0.05) is 39.0 Å². The molecule has 9 heavy (non-hydrogen) atoms. The standard InChI is InChI=1S/C8H17.W/c1-5-7-8(3,4)6-2;/h2,5-7H2,1,3-4H3;/q-1;. The first-order valence-corrected chi connectivity index (χ1v) is 3.41. The van der Waals surface area contributed by atoms with E-state index >= 15 is 0 Å². The normalized spacial score (nSPS) is 10.7. The molecule has 0 nitrogen and oxygen atoms in total. The van der Waals surface area contributed by atoms with Crippen molar-refractivity contribution in [3.05, 3.63) is 6.92 Å². The zero-order valence-electron chi connectivity index (χ0n) is 6.74. The molecule has 0 amide bonds. The summed E-state index contributed by atoms with van der Waals surface area (Å²) in [5.74, 6) is 0. The van der Waals surface area contributed by atoms with Crippen molar-refractivity contribution in [3.63, 3.8) is 0 Å². The van der Waals surface area contributed by atoms with Gasteiger partial charge in [0.05, 0.1) is 0 Å². The van der Waals surface area contributed by atoms with Crippen LogP contribution in [0.5, 0.6) is 0 Å². The molecule has 0 saturated heterocycles. The topological polar surface area (TPSA) is 0 Å². The van der Waals surface area contributed by atoms with E-state index in [9.17, 15) is 0 Å². The van der Waals surface area contributed by atoms with Crippen LogP contribution in [0.3, 0.4) is 0 Å². The van der Waals surface area contributed by atoms with E-state index in [1.807, 2.05) is 0 Å². The fourth-order valence-corrected chi connectivity index (χ4v) is 0.802. The van der Waals surface area contributed by atoms with Crippen molar-refractivity contribution in [3.8, 4) is 0 Å². The third-order valence-corrected chi connectivity index (χ3v) is 1.60. The summed E-state index contributed by atoms with van der Waals surface area (Å²) in [5, 5.41) is 0. The van der Waals surface area contributed by atoms with E-state index in [0.717, 1.165) is 6.42 Å². The molecule has 0 aromatic carbocycles. The van der Waals surface area contributed by atoms with Gasteiger partial charge >= 0.3 is 0 Å². The summed E-state index contributed by atoms with van der Waals surface area (Å²) in [6.45, 7) is 10.6. The minimum absolute atomic E-state index is 0. The van der Waals surface area contributed by atoms with Crippen molar-refractivity contribution in [2.24, 2.45) is 5.41 Å². The van der Waals surface area contributed by atoms with Gasteiger partial charge in [-0.05, 0) is 0 Å². The van der Waals surface area contributed by atoms with Crippen molar-refractivity contribution in [2.75, 3.05) is 0 Å². The van der Waals surface area contributed by atoms with Crippen LogP contribution in [-0.4, -0.2) is 0 Å². The summed E-state index contributed by atoms with van der Waals surface area (Å²) in [4.78, 5) is 0. The van der Waals surface area contributed by atoms with Crippen LogP contribution in [-0.2, 0) is 21.1 Å². The average molecular weight is 297 g/mol. The molecule has 0 N–H and O–H groups in total. The predicted molar refractivity (Wildman–Crippen MR) is 38.7 cm³/mol. The van der Waals surface area contributed by atoms with Gasteiger partial charge in [0.1, 0.15) is 0 Å². The zero-order chi connectivity index (χ0) is 6.62. The van der Waals surface area contributed by atoms with Crippen LogP contribution in [0.15, 0.2) is 0 Å². The van der Waals surface area contributed by atoms with E-state index in [1.165, 1.54) is 12.8 Å². The zero-order valence-corrected chi connectivity index (χ0v) is 9.67. The van der Waals surface area contributed by atoms with Gasteiger partial charge in [0.2, 0.25) is 0 Å². The fraction of sp³-hybridized carbons (Fsp3) is 0.875. The van der Waals surface area contributed by atoms with Crippen LogP contribution in [0.25, 0.3) is 0 Å². The second-order valence-electron chi connectivity index (χ2n) is 3.16. The van der Waals surface area contributed by atoms with Gasteiger partial charge in [0.15, 0.2) is 0 Å². The van der Waals surface area contributed by atoms with Gasteiger partial charge in [-0.3, -0.25) is 0 Å². The Kier molecular flexibility index (Phi) is 7.52. The number of rotatable bonds is 3. The van der Waals surface area contributed by atoms with Crippen molar-refractivity contribution < 1.29 is 21.1 Å². The molecular weight excluding hydrogens is 280 g/mol. The van der Waals surface area contributed by atoms with E-state index in [1.54, 1.807) is 0 Å². The summed E-state index contributed by atoms with van der Waals surface area (Å²) in [6.07, 6.45) is 3.64. The number of hydrogen-bond donors (Lipinski definition) is 0. The summed E-state index contributed by atoms with van der Waals surface area (Å²) in [6, 6.07) is 0. The van der Waals surface area contributed by atoms with Gasteiger partial charge in [0.25, 0.3) is 0 Å². The summed E-state index contributed by atoms with van der Waals surface area (Å²) < 4.78 is 0. The van der Waals surface area contributed by atoms with E-state index in [0.29, 0.717) is 5.41 Å². The minimum Gasteiger partial charge on any atom is -0.343 e. The molecule has 0 heterocycles. The average Bonchev–Trinajstić information content (AvgIpc) is 1.67. The quantitative estimate of drug-likeness (QED) is 0.702. The maximum Gasteiger partial charge on any atom is 0 e. The first kappa shape index (κ1) is 12.4. The monoisotopic (exact) mass is 297 g/mol. The van der Waals surface area contributed by atoms with Crippen molar-refractivity contribution in [2.45, 2.75) is 40.0 Å². The van der Waals surface area contributed by atoms with E-state index < -0.39 is 0 Å². The third kappa shape index (κ3) is 6.58. The molecule has 0 rings (SSSR count). The Hall–Kier alpha value is 0.688. The Morgan fingerprint density at radius 1 is 1.33 bits per heavy atom. The molecule has 0 saturated carbocycles. The van der Waals surface area contributed by atoms with Crippen LogP contribution < -0.4 is 0 Å². The molecule has 0 aliphatic rings. The van der Waals surface area contributed by atoms with Crippen LogP contribution in [0, 0.1) is 12.3 Å². The van der Waals surface area contributed by atoms with Crippen LogP contribution >= 0.6 is 0 Å². The summed E-state index contributed by atoms with van der Waals surface area (Å²) >= 11 is 0. The Bertz CT molecular complexity index is 57.6. The van der Waals surface area contributed by atoms with Gasteiger partial charge < -0.3 is 6.92 Å². The maximum atomic E-state index is 3.88. The van der Waals surface area contributed by atoms with Crippen LogP contribution in [0.4, 0.5) is 0 Å². The first-order valence-electron chi connectivity index (χ1n) is 3.41. The Morgan fingerprint density at radius 3 is 1.89 bits per heavy atom. The molecule has 0 aliphatic heterocycles. The van der Waals surface area contributed by atoms with Crippen LogP contribution in [0.2, 0.25) is 0 Å². The largest absolute Gasteiger partial charge is 0.343 e.